The lowest BCUT2D eigenvalue weighted by Gasteiger charge is -2.38. The van der Waals surface area contributed by atoms with Crippen LogP contribution in [0.1, 0.15) is 33.3 Å². The van der Waals surface area contributed by atoms with Crippen molar-refractivity contribution in [2.24, 2.45) is 0 Å². The van der Waals surface area contributed by atoms with Gasteiger partial charge in [0.2, 0.25) is 5.91 Å². The van der Waals surface area contributed by atoms with E-state index in [0.717, 1.165) is 5.56 Å². The van der Waals surface area contributed by atoms with Crippen LogP contribution in [0.5, 0.6) is 0 Å². The molecule has 8 heteroatoms. The second-order valence-electron chi connectivity index (χ2n) is 8.38. The van der Waals surface area contributed by atoms with E-state index in [-0.39, 0.29) is 17.7 Å². The molecule has 0 saturated heterocycles. The molecule has 0 fully saturated rings. The van der Waals surface area contributed by atoms with E-state index < -0.39 is 33.0 Å². The maximum absolute atomic E-state index is 12.3. The number of alkyl carbamates (subject to hydrolysis) is 1. The maximum atomic E-state index is 12.3. The molecular formula is C20H34N2O5Si. The highest BCUT2D eigenvalue weighted by Crippen LogP contribution is 2.37. The lowest BCUT2D eigenvalue weighted by atomic mass is 10.2. The van der Waals surface area contributed by atoms with E-state index in [1.807, 2.05) is 37.3 Å². The Morgan fingerprint density at radius 3 is 2.32 bits per heavy atom. The van der Waals surface area contributed by atoms with Crippen molar-refractivity contribution < 1.29 is 23.9 Å². The van der Waals surface area contributed by atoms with Crippen molar-refractivity contribution in [3.05, 3.63) is 35.9 Å². The molecule has 0 heterocycles. The smallest absolute Gasteiger partial charge is 0.408 e. The standard InChI is InChI=1S/C20H34N2O5Si/c1-15(27-28(5,6)20(2,3)4)12-21-18(24)17(13-23)22-19(25)26-14-16-10-8-7-9-11-16/h7-11,15,17,23H,12-14H2,1-6H3,(H,21,24)(H,22,25)/t15-,17-/m1/s1. The molecule has 1 rings (SSSR count). The Labute approximate surface area is 168 Å². The third-order valence-corrected chi connectivity index (χ3v) is 9.47. The number of ether oxygens (including phenoxy) is 1. The molecule has 158 valence electrons. The first-order valence-corrected chi connectivity index (χ1v) is 12.4. The predicted molar refractivity (Wildman–Crippen MR) is 111 cm³/mol. The van der Waals surface area contributed by atoms with E-state index in [2.05, 4.69) is 44.5 Å². The molecule has 2 amide bonds. The third kappa shape index (κ3) is 8.00. The molecule has 0 unspecified atom stereocenters. The summed E-state index contributed by atoms with van der Waals surface area (Å²) in [6.45, 7) is 12.5. The summed E-state index contributed by atoms with van der Waals surface area (Å²) in [6.07, 6.45) is -0.933. The van der Waals surface area contributed by atoms with Gasteiger partial charge in [0.15, 0.2) is 8.32 Å². The summed E-state index contributed by atoms with van der Waals surface area (Å²) in [5.41, 5.74) is 0.833. The SMILES string of the molecule is C[C@H](CNC(=O)[C@@H](CO)NC(=O)OCc1ccccc1)O[Si](C)(C)C(C)(C)C. The molecule has 3 N–H and O–H groups in total. The van der Waals surface area contributed by atoms with Crippen LogP contribution in [0, 0.1) is 0 Å². The van der Waals surface area contributed by atoms with Gasteiger partial charge in [-0.3, -0.25) is 4.79 Å². The maximum Gasteiger partial charge on any atom is 0.408 e. The van der Waals surface area contributed by atoms with E-state index in [1.54, 1.807) is 0 Å². The van der Waals surface area contributed by atoms with Crippen LogP contribution in [0.2, 0.25) is 18.1 Å². The lowest BCUT2D eigenvalue weighted by molar-refractivity contribution is -0.124. The summed E-state index contributed by atoms with van der Waals surface area (Å²) < 4.78 is 11.3. The Morgan fingerprint density at radius 2 is 1.79 bits per heavy atom. The molecule has 7 nitrogen and oxygen atoms in total. The van der Waals surface area contributed by atoms with Gasteiger partial charge in [-0.25, -0.2) is 4.79 Å². The minimum absolute atomic E-state index is 0.0724. The number of aliphatic hydroxyl groups is 1. The van der Waals surface area contributed by atoms with Crippen LogP contribution in [0.4, 0.5) is 4.79 Å². The molecule has 0 spiro atoms. The Kier molecular flexibility index (Phi) is 9.13. The third-order valence-electron chi connectivity index (χ3n) is 4.87. The van der Waals surface area contributed by atoms with Crippen molar-refractivity contribution in [3.8, 4) is 0 Å². The Balaban J connectivity index is 2.44. The fourth-order valence-electron chi connectivity index (χ4n) is 2.19. The summed E-state index contributed by atoms with van der Waals surface area (Å²) in [7, 11) is -1.94. The normalized spacial score (nSPS) is 14.1. The van der Waals surface area contributed by atoms with Crippen LogP contribution in [-0.4, -0.2) is 50.7 Å². The highest BCUT2D eigenvalue weighted by Gasteiger charge is 2.38. The number of hydrogen-bond acceptors (Lipinski definition) is 5. The summed E-state index contributed by atoms with van der Waals surface area (Å²) in [5, 5.41) is 14.6. The molecule has 0 aromatic heterocycles. The number of rotatable bonds is 9. The van der Waals surface area contributed by atoms with Gasteiger partial charge in [0.25, 0.3) is 0 Å². The van der Waals surface area contributed by atoms with Crippen molar-refractivity contribution in [3.63, 3.8) is 0 Å². The van der Waals surface area contributed by atoms with Crippen LogP contribution >= 0.6 is 0 Å². The Morgan fingerprint density at radius 1 is 1.18 bits per heavy atom. The molecule has 2 atom stereocenters. The number of amides is 2. The second kappa shape index (κ2) is 10.6. The molecular weight excluding hydrogens is 376 g/mol. The molecule has 1 aromatic carbocycles. The van der Waals surface area contributed by atoms with Gasteiger partial charge in [-0.15, -0.1) is 0 Å². The lowest BCUT2D eigenvalue weighted by Crippen LogP contribution is -2.51. The van der Waals surface area contributed by atoms with Gasteiger partial charge in [0, 0.05) is 6.54 Å². The number of aliphatic hydroxyl groups excluding tert-OH is 1. The van der Waals surface area contributed by atoms with Crippen molar-refractivity contribution in [1.29, 1.82) is 0 Å². The first-order chi connectivity index (χ1) is 13.0. The summed E-state index contributed by atoms with van der Waals surface area (Å²) in [6, 6.07) is 8.12. The van der Waals surface area contributed by atoms with E-state index in [9.17, 15) is 14.7 Å². The molecule has 0 aliphatic carbocycles. The summed E-state index contributed by atoms with van der Waals surface area (Å²) >= 11 is 0. The van der Waals surface area contributed by atoms with Crippen LogP contribution in [0.25, 0.3) is 0 Å². The predicted octanol–water partition coefficient (Wildman–Crippen LogP) is 2.80. The van der Waals surface area contributed by atoms with Crippen molar-refractivity contribution >= 4 is 20.3 Å². The first-order valence-electron chi connectivity index (χ1n) is 9.50. The zero-order valence-corrected chi connectivity index (χ0v) is 18.7. The highest BCUT2D eigenvalue weighted by atomic mass is 28.4. The Hall–Kier alpha value is -1.90. The van der Waals surface area contributed by atoms with Gasteiger partial charge in [-0.05, 0) is 30.6 Å². The average molecular weight is 411 g/mol. The Bertz CT molecular complexity index is 631. The van der Waals surface area contributed by atoms with Crippen LogP contribution in [-0.2, 0) is 20.6 Å². The van der Waals surface area contributed by atoms with Gasteiger partial charge in [0.1, 0.15) is 12.6 Å². The topological polar surface area (TPSA) is 96.9 Å². The van der Waals surface area contributed by atoms with E-state index in [4.69, 9.17) is 9.16 Å². The molecule has 0 aliphatic rings. The number of benzene rings is 1. The van der Waals surface area contributed by atoms with Crippen LogP contribution in [0.15, 0.2) is 30.3 Å². The highest BCUT2D eigenvalue weighted by molar-refractivity contribution is 6.74. The van der Waals surface area contributed by atoms with E-state index >= 15 is 0 Å². The molecule has 0 radical (unpaired) electrons. The largest absolute Gasteiger partial charge is 0.445 e. The second-order valence-corrected chi connectivity index (χ2v) is 13.1. The van der Waals surface area contributed by atoms with Crippen molar-refractivity contribution in [2.75, 3.05) is 13.2 Å². The van der Waals surface area contributed by atoms with Crippen LogP contribution < -0.4 is 10.6 Å². The number of hydrogen-bond donors (Lipinski definition) is 3. The fraction of sp³-hybridized carbons (Fsp3) is 0.600. The molecule has 1 aromatic rings. The van der Waals surface area contributed by atoms with E-state index in [0.29, 0.717) is 6.54 Å². The molecule has 0 aliphatic heterocycles. The average Bonchev–Trinajstić information content (AvgIpc) is 2.62. The fourth-order valence-corrected chi connectivity index (χ4v) is 3.63. The summed E-state index contributed by atoms with van der Waals surface area (Å²) in [4.78, 5) is 24.1. The van der Waals surface area contributed by atoms with Crippen LogP contribution in [0.3, 0.4) is 0 Å². The minimum Gasteiger partial charge on any atom is -0.445 e. The number of carbonyl (C=O) groups excluding carboxylic acids is 2. The van der Waals surface area contributed by atoms with Gasteiger partial charge in [-0.2, -0.15) is 0 Å². The number of nitrogens with one attached hydrogen (secondary N) is 2. The minimum atomic E-state index is -1.94. The van der Waals surface area contributed by atoms with Crippen molar-refractivity contribution in [2.45, 2.75) is 64.6 Å². The van der Waals surface area contributed by atoms with Crippen molar-refractivity contribution in [1.82, 2.24) is 10.6 Å². The molecule has 28 heavy (non-hydrogen) atoms. The molecule has 0 bridgehead atoms. The summed E-state index contributed by atoms with van der Waals surface area (Å²) in [5.74, 6) is -0.482. The zero-order valence-electron chi connectivity index (χ0n) is 17.7. The first kappa shape index (κ1) is 24.1. The van der Waals surface area contributed by atoms with Gasteiger partial charge in [-0.1, -0.05) is 51.1 Å². The number of carbonyl (C=O) groups is 2. The van der Waals surface area contributed by atoms with E-state index in [1.165, 1.54) is 0 Å². The zero-order chi connectivity index (χ0) is 21.4. The quantitative estimate of drug-likeness (QED) is 0.544. The van der Waals surface area contributed by atoms with Gasteiger partial charge >= 0.3 is 6.09 Å². The molecule has 0 saturated carbocycles. The monoisotopic (exact) mass is 410 g/mol. The van der Waals surface area contributed by atoms with Gasteiger partial charge < -0.3 is 24.9 Å². The van der Waals surface area contributed by atoms with Gasteiger partial charge in [0.05, 0.1) is 12.7 Å².